The van der Waals surface area contributed by atoms with Gasteiger partial charge in [-0.15, -0.1) is 0 Å². The lowest BCUT2D eigenvalue weighted by Gasteiger charge is -2.34. The molecule has 0 bridgehead atoms. The number of aromatic nitrogens is 2. The van der Waals surface area contributed by atoms with Crippen LogP contribution in [0, 0.1) is 0 Å². The highest BCUT2D eigenvalue weighted by Gasteiger charge is 2.29. The molecule has 1 aliphatic heterocycles. The molecule has 1 fully saturated rings. The van der Waals surface area contributed by atoms with Gasteiger partial charge in [0.25, 0.3) is 0 Å². The van der Waals surface area contributed by atoms with Gasteiger partial charge in [0.2, 0.25) is 10.0 Å². The molecule has 1 aliphatic rings. The van der Waals surface area contributed by atoms with Crippen molar-refractivity contribution in [1.82, 2.24) is 14.4 Å². The second-order valence-electron chi connectivity index (χ2n) is 5.96. The van der Waals surface area contributed by atoms with Crippen LogP contribution in [0.1, 0.15) is 5.69 Å². The van der Waals surface area contributed by atoms with Crippen LogP contribution in [-0.4, -0.2) is 49.0 Å². The van der Waals surface area contributed by atoms with Crippen molar-refractivity contribution >= 4 is 26.8 Å². The van der Waals surface area contributed by atoms with Crippen molar-refractivity contribution in [2.24, 2.45) is 0 Å². The topological polar surface area (TPSA) is 79.5 Å². The first kappa shape index (κ1) is 16.0. The highest BCUT2D eigenvalue weighted by Crippen LogP contribution is 2.22. The Bertz CT molecular complexity index is 964. The van der Waals surface area contributed by atoms with E-state index in [-0.39, 0.29) is 5.75 Å². The van der Waals surface area contributed by atoms with Crippen molar-refractivity contribution in [3.05, 3.63) is 54.4 Å². The zero-order valence-electron chi connectivity index (χ0n) is 13.6. The molecule has 4 rings (SSSR count). The third-order valence-corrected chi connectivity index (χ3v) is 6.17. The van der Waals surface area contributed by atoms with E-state index in [0.717, 1.165) is 11.2 Å². The number of anilines is 1. The molecule has 0 radical (unpaired) electrons. The van der Waals surface area contributed by atoms with E-state index < -0.39 is 10.0 Å². The quantitative estimate of drug-likeness (QED) is 0.708. The predicted molar refractivity (Wildman–Crippen MR) is 94.7 cm³/mol. The van der Waals surface area contributed by atoms with Crippen LogP contribution in [0.15, 0.2) is 53.2 Å². The molecule has 0 N–H and O–H groups in total. The first-order valence-electron chi connectivity index (χ1n) is 8.10. The SMILES string of the molecule is O=S(=O)(Cc1noc2ccccc12)N1CCN(c2ccccn2)CC1. The van der Waals surface area contributed by atoms with Crippen LogP contribution in [-0.2, 0) is 15.8 Å². The number of para-hydroxylation sites is 1. The third kappa shape index (κ3) is 3.22. The van der Waals surface area contributed by atoms with Gasteiger partial charge in [-0.1, -0.05) is 23.4 Å². The Balaban J connectivity index is 1.47. The van der Waals surface area contributed by atoms with Crippen LogP contribution < -0.4 is 4.90 Å². The number of hydrogen-bond acceptors (Lipinski definition) is 6. The average Bonchev–Trinajstić information content (AvgIpc) is 3.05. The monoisotopic (exact) mass is 358 g/mol. The molecule has 130 valence electrons. The van der Waals surface area contributed by atoms with Gasteiger partial charge in [0, 0.05) is 37.8 Å². The second kappa shape index (κ2) is 6.45. The molecular formula is C17H18N4O3S. The molecule has 7 nitrogen and oxygen atoms in total. The standard InChI is InChI=1S/C17H18N4O3S/c22-25(23,13-15-14-5-1-2-6-16(14)24-19-15)21-11-9-20(10-12-21)17-7-3-4-8-18-17/h1-8H,9-13H2. The zero-order chi connectivity index (χ0) is 17.3. The molecule has 1 aromatic carbocycles. The number of rotatable bonds is 4. The number of benzene rings is 1. The Morgan fingerprint density at radius 1 is 1.00 bits per heavy atom. The molecule has 25 heavy (non-hydrogen) atoms. The maximum Gasteiger partial charge on any atom is 0.220 e. The van der Waals surface area contributed by atoms with Crippen LogP contribution >= 0.6 is 0 Å². The molecule has 0 unspecified atom stereocenters. The van der Waals surface area contributed by atoms with Crippen molar-refractivity contribution in [3.63, 3.8) is 0 Å². The highest BCUT2D eigenvalue weighted by atomic mass is 32.2. The van der Waals surface area contributed by atoms with Crippen molar-refractivity contribution in [1.29, 1.82) is 0 Å². The van der Waals surface area contributed by atoms with Gasteiger partial charge >= 0.3 is 0 Å². The summed E-state index contributed by atoms with van der Waals surface area (Å²) in [5.74, 6) is 0.732. The Hall–Kier alpha value is -2.45. The fourth-order valence-corrected chi connectivity index (χ4v) is 4.50. The van der Waals surface area contributed by atoms with E-state index >= 15 is 0 Å². The van der Waals surface area contributed by atoms with E-state index in [1.54, 1.807) is 12.3 Å². The normalized spacial score (nSPS) is 16.4. The van der Waals surface area contributed by atoms with Gasteiger partial charge in [0.05, 0.1) is 0 Å². The summed E-state index contributed by atoms with van der Waals surface area (Å²) in [6.45, 7) is 2.12. The number of piperazine rings is 1. The summed E-state index contributed by atoms with van der Waals surface area (Å²) in [7, 11) is -3.44. The molecule has 3 aromatic rings. The molecule has 0 amide bonds. The third-order valence-electron chi connectivity index (χ3n) is 4.38. The summed E-state index contributed by atoms with van der Waals surface area (Å²) in [5, 5.41) is 4.68. The van der Waals surface area contributed by atoms with Gasteiger partial charge in [0.15, 0.2) is 5.58 Å². The van der Waals surface area contributed by atoms with Crippen LogP contribution in [0.5, 0.6) is 0 Å². The Kier molecular flexibility index (Phi) is 4.14. The van der Waals surface area contributed by atoms with E-state index in [0.29, 0.717) is 37.5 Å². The summed E-state index contributed by atoms with van der Waals surface area (Å²) in [6.07, 6.45) is 1.74. The van der Waals surface area contributed by atoms with Gasteiger partial charge in [-0.2, -0.15) is 4.31 Å². The first-order valence-corrected chi connectivity index (χ1v) is 9.71. The van der Waals surface area contributed by atoms with E-state index in [9.17, 15) is 8.42 Å². The second-order valence-corrected chi connectivity index (χ2v) is 7.92. The molecule has 0 aliphatic carbocycles. The Labute approximate surface area is 145 Å². The summed E-state index contributed by atoms with van der Waals surface area (Å²) < 4.78 is 32.2. The maximum atomic E-state index is 12.7. The molecule has 8 heteroatoms. The van der Waals surface area contributed by atoms with Gasteiger partial charge in [-0.25, -0.2) is 13.4 Å². The van der Waals surface area contributed by atoms with Crippen molar-refractivity contribution in [2.75, 3.05) is 31.1 Å². The van der Waals surface area contributed by atoms with Crippen molar-refractivity contribution in [3.8, 4) is 0 Å². The largest absolute Gasteiger partial charge is 0.356 e. The van der Waals surface area contributed by atoms with Gasteiger partial charge in [-0.05, 0) is 24.3 Å². The summed E-state index contributed by atoms with van der Waals surface area (Å²) in [5.41, 5.74) is 1.07. The number of hydrogen-bond donors (Lipinski definition) is 0. The predicted octanol–water partition coefficient (Wildman–Crippen LogP) is 1.87. The van der Waals surface area contributed by atoms with E-state index in [2.05, 4.69) is 15.0 Å². The molecule has 1 saturated heterocycles. The number of nitrogens with zero attached hydrogens (tertiary/aromatic N) is 4. The number of sulfonamides is 1. The smallest absolute Gasteiger partial charge is 0.220 e. The number of fused-ring (bicyclic) bond motifs is 1. The lowest BCUT2D eigenvalue weighted by molar-refractivity contribution is 0.382. The lowest BCUT2D eigenvalue weighted by atomic mass is 10.2. The molecule has 0 atom stereocenters. The molecule has 3 heterocycles. The van der Waals surface area contributed by atoms with Gasteiger partial charge < -0.3 is 9.42 Å². The van der Waals surface area contributed by atoms with Crippen LogP contribution in [0.4, 0.5) is 5.82 Å². The molecule has 2 aromatic heterocycles. The Morgan fingerprint density at radius 3 is 2.52 bits per heavy atom. The minimum Gasteiger partial charge on any atom is -0.356 e. The van der Waals surface area contributed by atoms with E-state index in [1.807, 2.05) is 36.4 Å². The van der Waals surface area contributed by atoms with Gasteiger partial charge in [0.1, 0.15) is 17.3 Å². The highest BCUT2D eigenvalue weighted by molar-refractivity contribution is 7.88. The lowest BCUT2D eigenvalue weighted by Crippen LogP contribution is -2.49. The summed E-state index contributed by atoms with van der Waals surface area (Å²) in [6, 6.07) is 13.0. The fraction of sp³-hybridized carbons (Fsp3) is 0.294. The molecule has 0 spiro atoms. The summed E-state index contributed by atoms with van der Waals surface area (Å²) in [4.78, 5) is 6.41. The van der Waals surface area contributed by atoms with Gasteiger partial charge in [-0.3, -0.25) is 0 Å². The molecular weight excluding hydrogens is 340 g/mol. The van der Waals surface area contributed by atoms with Crippen LogP contribution in [0.2, 0.25) is 0 Å². The Morgan fingerprint density at radius 2 is 1.76 bits per heavy atom. The summed E-state index contributed by atoms with van der Waals surface area (Å²) >= 11 is 0. The minimum absolute atomic E-state index is 0.145. The van der Waals surface area contributed by atoms with E-state index in [4.69, 9.17) is 4.52 Å². The molecule has 0 saturated carbocycles. The maximum absolute atomic E-state index is 12.7. The zero-order valence-corrected chi connectivity index (χ0v) is 14.4. The van der Waals surface area contributed by atoms with Crippen molar-refractivity contribution in [2.45, 2.75) is 5.75 Å². The van der Waals surface area contributed by atoms with Crippen molar-refractivity contribution < 1.29 is 12.9 Å². The van der Waals surface area contributed by atoms with Crippen LogP contribution in [0.25, 0.3) is 11.0 Å². The first-order chi connectivity index (χ1) is 12.1. The average molecular weight is 358 g/mol. The number of pyridine rings is 1. The van der Waals surface area contributed by atoms with Crippen LogP contribution in [0.3, 0.4) is 0 Å². The van der Waals surface area contributed by atoms with E-state index in [1.165, 1.54) is 4.31 Å². The minimum atomic E-state index is -3.44. The fourth-order valence-electron chi connectivity index (χ4n) is 3.04.